The number of hydrogen-bond donors (Lipinski definition) is 1. The molecule has 1 saturated heterocycles. The van der Waals surface area contributed by atoms with E-state index in [2.05, 4.69) is 19.9 Å². The third-order valence-electron chi connectivity index (χ3n) is 8.21. The van der Waals surface area contributed by atoms with Crippen LogP contribution in [0.1, 0.15) is 78.3 Å². The number of nitrogens with zero attached hydrogens (tertiary/aromatic N) is 6. The molecule has 3 fully saturated rings. The van der Waals surface area contributed by atoms with Crippen LogP contribution in [0.25, 0.3) is 11.0 Å². The average Bonchev–Trinajstić information content (AvgIpc) is 3.48. The lowest BCUT2D eigenvalue weighted by atomic mass is 10.1. The summed E-state index contributed by atoms with van der Waals surface area (Å²) in [5.74, 6) is 0.884. The molecule has 2 atom stereocenters. The highest BCUT2D eigenvalue weighted by atomic mass is 16.2. The molecule has 10 heteroatoms. The van der Waals surface area contributed by atoms with E-state index in [4.69, 9.17) is 4.98 Å². The monoisotopic (exact) mass is 515 g/mol. The second-order valence-electron chi connectivity index (χ2n) is 10.9. The number of ketones is 1. The van der Waals surface area contributed by atoms with Crippen molar-refractivity contribution in [3.63, 3.8) is 0 Å². The highest BCUT2D eigenvalue weighted by Crippen LogP contribution is 2.36. The first-order valence-corrected chi connectivity index (χ1v) is 13.6. The number of hydrogen-bond acceptors (Lipinski definition) is 7. The van der Waals surface area contributed by atoms with Crippen molar-refractivity contribution < 1.29 is 14.4 Å². The van der Waals surface area contributed by atoms with Crippen LogP contribution in [0.5, 0.6) is 0 Å². The number of carbonyl (C=O) groups is 3. The van der Waals surface area contributed by atoms with Crippen molar-refractivity contribution in [1.82, 2.24) is 29.3 Å². The Hall–Kier alpha value is -3.82. The van der Waals surface area contributed by atoms with Crippen LogP contribution >= 0.6 is 0 Å². The number of carbonyl (C=O) groups excluding carboxylic acids is 3. The van der Waals surface area contributed by atoms with Gasteiger partial charge in [0.2, 0.25) is 5.95 Å². The summed E-state index contributed by atoms with van der Waals surface area (Å²) in [6.45, 7) is 0.509. The van der Waals surface area contributed by atoms with Crippen LogP contribution in [0.15, 0.2) is 30.6 Å². The van der Waals surface area contributed by atoms with Crippen LogP contribution in [0, 0.1) is 5.92 Å². The molecule has 2 unspecified atom stereocenters. The maximum atomic E-state index is 13.1. The van der Waals surface area contributed by atoms with Crippen LogP contribution in [0.3, 0.4) is 0 Å². The number of nitrogens with one attached hydrogen (secondary N) is 1. The molecular weight excluding hydrogens is 482 g/mol. The van der Waals surface area contributed by atoms with Crippen LogP contribution in [-0.4, -0.2) is 73.6 Å². The first kappa shape index (κ1) is 24.5. The van der Waals surface area contributed by atoms with Crippen molar-refractivity contribution in [3.8, 4) is 0 Å². The van der Waals surface area contributed by atoms with Crippen LogP contribution in [-0.2, 0) is 4.79 Å². The lowest BCUT2D eigenvalue weighted by molar-refractivity contribution is -0.120. The van der Waals surface area contributed by atoms with Crippen molar-refractivity contribution in [2.75, 3.05) is 26.0 Å². The minimum atomic E-state index is -0.278. The fourth-order valence-corrected chi connectivity index (χ4v) is 6.22. The molecule has 2 bridgehead atoms. The molecule has 3 aromatic rings. The fourth-order valence-electron chi connectivity index (χ4n) is 6.22. The van der Waals surface area contributed by atoms with Crippen molar-refractivity contribution in [3.05, 3.63) is 41.9 Å². The van der Waals surface area contributed by atoms with Gasteiger partial charge in [0.1, 0.15) is 17.2 Å². The quantitative estimate of drug-likeness (QED) is 0.512. The summed E-state index contributed by atoms with van der Waals surface area (Å²) in [6, 6.07) is 5.27. The number of fused-ring (bicyclic) bond motifs is 3. The maximum absolute atomic E-state index is 13.1. The Morgan fingerprint density at radius 1 is 1.00 bits per heavy atom. The van der Waals surface area contributed by atoms with Gasteiger partial charge in [-0.25, -0.2) is 9.97 Å². The zero-order valence-corrected chi connectivity index (χ0v) is 21.9. The second kappa shape index (κ2) is 9.81. The van der Waals surface area contributed by atoms with Crippen LogP contribution in [0.4, 0.5) is 11.8 Å². The van der Waals surface area contributed by atoms with Gasteiger partial charge in [0, 0.05) is 50.4 Å². The van der Waals surface area contributed by atoms with Gasteiger partial charge in [-0.3, -0.25) is 14.4 Å². The highest BCUT2D eigenvalue weighted by molar-refractivity contribution is 6.01. The number of aromatic nitrogens is 4. The lowest BCUT2D eigenvalue weighted by Gasteiger charge is -2.25. The third-order valence-corrected chi connectivity index (χ3v) is 8.21. The molecule has 0 aromatic carbocycles. The molecule has 3 aromatic heterocycles. The zero-order valence-electron chi connectivity index (χ0n) is 21.9. The van der Waals surface area contributed by atoms with Gasteiger partial charge in [-0.1, -0.05) is 25.7 Å². The Morgan fingerprint density at radius 2 is 1.79 bits per heavy atom. The number of likely N-dealkylation sites (tertiary alicyclic amines) is 1. The smallest absolute Gasteiger partial charge is 0.270 e. The molecule has 2 amide bonds. The van der Waals surface area contributed by atoms with E-state index in [-0.39, 0.29) is 35.6 Å². The van der Waals surface area contributed by atoms with Gasteiger partial charge < -0.3 is 19.7 Å². The molecule has 38 heavy (non-hydrogen) atoms. The van der Waals surface area contributed by atoms with E-state index < -0.39 is 0 Å². The molecule has 1 aliphatic heterocycles. The summed E-state index contributed by atoms with van der Waals surface area (Å²) < 4.78 is 2.11. The van der Waals surface area contributed by atoms with Crippen LogP contribution in [0.2, 0.25) is 0 Å². The molecule has 3 aliphatic rings. The maximum Gasteiger partial charge on any atom is 0.270 e. The van der Waals surface area contributed by atoms with E-state index >= 15 is 0 Å². The Morgan fingerprint density at radius 3 is 2.42 bits per heavy atom. The van der Waals surface area contributed by atoms with E-state index in [1.165, 1.54) is 19.0 Å². The molecule has 0 radical (unpaired) electrons. The van der Waals surface area contributed by atoms with Crippen molar-refractivity contribution in [2.45, 2.75) is 63.5 Å². The topological polar surface area (TPSA) is 113 Å². The molecule has 1 N–H and O–H groups in total. The minimum Gasteiger partial charge on any atom is -0.343 e. The number of Topliss-reactive ketones (excluding diaryl/α,β-unsaturated/α-hetero) is 1. The Bertz CT molecular complexity index is 1390. The number of anilines is 2. The van der Waals surface area contributed by atoms with Gasteiger partial charge >= 0.3 is 0 Å². The van der Waals surface area contributed by atoms with Gasteiger partial charge in [-0.2, -0.15) is 4.98 Å². The van der Waals surface area contributed by atoms with Gasteiger partial charge in [0.25, 0.3) is 11.8 Å². The number of pyridine rings is 1. The number of piperidine rings is 1. The van der Waals surface area contributed by atoms with E-state index in [9.17, 15) is 14.4 Å². The average molecular weight is 516 g/mol. The Labute approximate surface area is 221 Å². The first-order valence-electron chi connectivity index (χ1n) is 13.6. The second-order valence-corrected chi connectivity index (χ2v) is 10.9. The summed E-state index contributed by atoms with van der Waals surface area (Å²) in [5.41, 5.74) is 1.83. The molecule has 6 rings (SSSR count). The fraction of sp³-hybridized carbons (Fsp3) is 0.500. The Kier molecular flexibility index (Phi) is 6.33. The van der Waals surface area contributed by atoms with E-state index in [0.717, 1.165) is 49.6 Å². The summed E-state index contributed by atoms with van der Waals surface area (Å²) in [4.78, 5) is 55.2. The highest BCUT2D eigenvalue weighted by Gasteiger charge is 2.47. The van der Waals surface area contributed by atoms with Gasteiger partial charge in [0.15, 0.2) is 5.78 Å². The first-order chi connectivity index (χ1) is 18.4. The van der Waals surface area contributed by atoms with Gasteiger partial charge in [0.05, 0.1) is 11.6 Å². The largest absolute Gasteiger partial charge is 0.343 e. The molecule has 198 valence electrons. The zero-order chi connectivity index (χ0) is 26.4. The van der Waals surface area contributed by atoms with E-state index in [0.29, 0.717) is 29.6 Å². The summed E-state index contributed by atoms with van der Waals surface area (Å²) >= 11 is 0. The van der Waals surface area contributed by atoms with Crippen LogP contribution < -0.4 is 5.32 Å². The predicted molar refractivity (Wildman–Crippen MR) is 142 cm³/mol. The summed E-state index contributed by atoms with van der Waals surface area (Å²) in [6.07, 6.45) is 11.7. The number of rotatable bonds is 5. The summed E-state index contributed by atoms with van der Waals surface area (Å²) in [5, 5.41) is 3.98. The molecule has 4 heterocycles. The normalized spacial score (nSPS) is 21.6. The van der Waals surface area contributed by atoms with E-state index in [1.807, 2.05) is 6.07 Å². The summed E-state index contributed by atoms with van der Waals surface area (Å²) in [7, 11) is 3.53. The minimum absolute atomic E-state index is 0.00427. The molecular formula is C28H33N7O3. The standard InChI is InChI=1S/C28H33N7O3/c1-33(2)27(38)22-13-19-15-30-28(32-25(19)35(22)20-7-5-3-4-6-8-20)31-23-12-10-17(14-29-23)26(37)34-16-18-9-11-21(34)24(18)36/h10,12-15,18,20-21H,3-9,11,16H2,1-2H3,(H,29,30,31,32). The van der Waals surface area contributed by atoms with Crippen molar-refractivity contribution in [1.29, 1.82) is 0 Å². The SMILES string of the molecule is CN(C)C(=O)c1cc2cnc(Nc3ccc(C(=O)N4CC5CCC4C5=O)cn3)nc2n1C1CCCCCC1. The van der Waals surface area contributed by atoms with Crippen molar-refractivity contribution >= 4 is 40.4 Å². The van der Waals surface area contributed by atoms with Crippen molar-refractivity contribution in [2.24, 2.45) is 5.92 Å². The molecule has 0 spiro atoms. The molecule has 2 aliphatic carbocycles. The van der Waals surface area contributed by atoms with Gasteiger partial charge in [-0.05, 0) is 43.9 Å². The molecule has 2 saturated carbocycles. The predicted octanol–water partition coefficient (Wildman–Crippen LogP) is 3.97. The van der Waals surface area contributed by atoms with Gasteiger partial charge in [-0.15, -0.1) is 0 Å². The third kappa shape index (κ3) is 4.31. The number of amides is 2. The van der Waals surface area contributed by atoms with E-state index in [1.54, 1.807) is 42.2 Å². The molecule has 10 nitrogen and oxygen atoms in total. The Balaban J connectivity index is 1.26. The lowest BCUT2D eigenvalue weighted by Crippen LogP contribution is -2.38.